The molecule has 0 aromatic carbocycles. The van der Waals surface area contributed by atoms with Crippen molar-refractivity contribution in [2.45, 2.75) is 32.3 Å². The number of furan rings is 1. The third kappa shape index (κ3) is 1.52. The molecule has 0 amide bonds. The van der Waals surface area contributed by atoms with E-state index in [4.69, 9.17) is 9.15 Å². The lowest BCUT2D eigenvalue weighted by Crippen LogP contribution is -1.92. The number of fused-ring (bicyclic) bond motifs is 1. The first kappa shape index (κ1) is 9.85. The number of aromatic nitrogens is 1. The lowest BCUT2D eigenvalue weighted by Gasteiger charge is -2.03. The van der Waals surface area contributed by atoms with Gasteiger partial charge in [-0.3, -0.25) is 4.98 Å². The van der Waals surface area contributed by atoms with Gasteiger partial charge in [0.05, 0.1) is 0 Å². The van der Waals surface area contributed by atoms with Crippen molar-refractivity contribution in [2.75, 3.05) is 6.61 Å². The minimum absolute atomic E-state index is 0.138. The van der Waals surface area contributed by atoms with Crippen LogP contribution in [0.25, 0.3) is 11.1 Å². The first-order valence-corrected chi connectivity index (χ1v) is 5.87. The van der Waals surface area contributed by atoms with Crippen molar-refractivity contribution in [3.63, 3.8) is 0 Å². The summed E-state index contributed by atoms with van der Waals surface area (Å²) in [5.74, 6) is 0.931. The fourth-order valence-electron chi connectivity index (χ4n) is 2.25. The van der Waals surface area contributed by atoms with Crippen LogP contribution in [0.2, 0.25) is 0 Å². The average Bonchev–Trinajstić information content (AvgIpc) is 2.96. The van der Waals surface area contributed by atoms with Gasteiger partial charge < -0.3 is 9.15 Å². The summed E-state index contributed by atoms with van der Waals surface area (Å²) in [5, 5.41) is 0. The number of hydrogen-bond acceptors (Lipinski definition) is 3. The SMILES string of the molecule is CCc1ccnc2cc(C3CCCO3)oc12. The van der Waals surface area contributed by atoms with Gasteiger partial charge in [0.25, 0.3) is 0 Å². The maximum absolute atomic E-state index is 5.89. The molecular formula is C13H15NO2. The topological polar surface area (TPSA) is 35.3 Å². The zero-order valence-electron chi connectivity index (χ0n) is 9.40. The van der Waals surface area contributed by atoms with Crippen LogP contribution in [-0.2, 0) is 11.2 Å². The summed E-state index contributed by atoms with van der Waals surface area (Å²) in [7, 11) is 0. The van der Waals surface area contributed by atoms with Crippen LogP contribution in [0.5, 0.6) is 0 Å². The predicted octanol–water partition coefficient (Wildman–Crippen LogP) is 3.24. The minimum Gasteiger partial charge on any atom is -0.456 e. The molecule has 0 radical (unpaired) electrons. The van der Waals surface area contributed by atoms with Gasteiger partial charge in [-0.2, -0.15) is 0 Å². The first-order valence-electron chi connectivity index (χ1n) is 5.87. The smallest absolute Gasteiger partial charge is 0.156 e. The Balaban J connectivity index is 2.07. The molecule has 0 spiro atoms. The quantitative estimate of drug-likeness (QED) is 0.774. The lowest BCUT2D eigenvalue weighted by atomic mass is 10.2. The van der Waals surface area contributed by atoms with Crippen molar-refractivity contribution in [2.24, 2.45) is 0 Å². The predicted molar refractivity (Wildman–Crippen MR) is 61.3 cm³/mol. The molecule has 0 aliphatic carbocycles. The Morgan fingerprint density at radius 3 is 3.19 bits per heavy atom. The lowest BCUT2D eigenvalue weighted by molar-refractivity contribution is 0.0950. The third-order valence-electron chi connectivity index (χ3n) is 3.14. The van der Waals surface area contributed by atoms with Gasteiger partial charge in [0, 0.05) is 18.9 Å². The van der Waals surface area contributed by atoms with E-state index in [1.165, 1.54) is 5.56 Å². The molecule has 0 N–H and O–H groups in total. The van der Waals surface area contributed by atoms with Crippen LogP contribution in [0, 0.1) is 0 Å². The molecular weight excluding hydrogens is 202 g/mol. The van der Waals surface area contributed by atoms with Crippen molar-refractivity contribution >= 4 is 11.1 Å². The molecule has 1 saturated heterocycles. The summed E-state index contributed by atoms with van der Waals surface area (Å²) < 4.78 is 11.5. The Hall–Kier alpha value is -1.35. The van der Waals surface area contributed by atoms with Gasteiger partial charge in [0.15, 0.2) is 5.58 Å². The molecule has 3 rings (SSSR count). The Morgan fingerprint density at radius 1 is 1.50 bits per heavy atom. The van der Waals surface area contributed by atoms with Gasteiger partial charge >= 0.3 is 0 Å². The van der Waals surface area contributed by atoms with Crippen LogP contribution < -0.4 is 0 Å². The van der Waals surface area contributed by atoms with E-state index in [0.717, 1.165) is 42.7 Å². The van der Waals surface area contributed by atoms with Gasteiger partial charge in [0.1, 0.15) is 17.4 Å². The van der Waals surface area contributed by atoms with E-state index in [1.54, 1.807) is 0 Å². The van der Waals surface area contributed by atoms with Crippen molar-refractivity contribution in [1.82, 2.24) is 4.98 Å². The molecule has 0 saturated carbocycles. The second-order valence-electron chi connectivity index (χ2n) is 4.19. The standard InChI is InChI=1S/C13H15NO2/c1-2-9-5-6-14-10-8-12(16-13(9)10)11-4-3-7-15-11/h5-6,8,11H,2-4,7H2,1H3. The number of ether oxygens (including phenoxy) is 1. The Morgan fingerprint density at radius 2 is 2.44 bits per heavy atom. The summed E-state index contributed by atoms with van der Waals surface area (Å²) in [4.78, 5) is 4.33. The van der Waals surface area contributed by atoms with Gasteiger partial charge in [-0.1, -0.05) is 6.92 Å². The molecule has 84 valence electrons. The van der Waals surface area contributed by atoms with Crippen LogP contribution in [0.1, 0.15) is 37.2 Å². The van der Waals surface area contributed by atoms with Crippen molar-refractivity contribution in [1.29, 1.82) is 0 Å². The molecule has 3 heteroatoms. The van der Waals surface area contributed by atoms with E-state index in [2.05, 4.69) is 11.9 Å². The summed E-state index contributed by atoms with van der Waals surface area (Å²) in [6, 6.07) is 4.04. The number of rotatable bonds is 2. The number of pyridine rings is 1. The first-order chi connectivity index (χ1) is 7.88. The average molecular weight is 217 g/mol. The van der Waals surface area contributed by atoms with E-state index in [9.17, 15) is 0 Å². The van der Waals surface area contributed by atoms with E-state index in [0.29, 0.717) is 0 Å². The molecule has 16 heavy (non-hydrogen) atoms. The normalized spacial score (nSPS) is 20.7. The monoisotopic (exact) mass is 217 g/mol. The largest absolute Gasteiger partial charge is 0.456 e. The summed E-state index contributed by atoms with van der Waals surface area (Å²) in [6.07, 6.45) is 5.13. The number of aryl methyl sites for hydroxylation is 1. The van der Waals surface area contributed by atoms with Crippen molar-refractivity contribution < 1.29 is 9.15 Å². The molecule has 1 fully saturated rings. The van der Waals surface area contributed by atoms with Gasteiger partial charge in [-0.15, -0.1) is 0 Å². The minimum atomic E-state index is 0.138. The molecule has 2 aromatic rings. The molecule has 0 bridgehead atoms. The van der Waals surface area contributed by atoms with E-state index < -0.39 is 0 Å². The molecule has 1 aliphatic heterocycles. The second-order valence-corrected chi connectivity index (χ2v) is 4.19. The zero-order valence-corrected chi connectivity index (χ0v) is 9.40. The van der Waals surface area contributed by atoms with Crippen molar-refractivity contribution in [3.05, 3.63) is 29.7 Å². The van der Waals surface area contributed by atoms with Crippen LogP contribution in [0.15, 0.2) is 22.7 Å². The maximum atomic E-state index is 5.89. The molecule has 1 unspecified atom stereocenters. The number of hydrogen-bond donors (Lipinski definition) is 0. The maximum Gasteiger partial charge on any atom is 0.156 e. The summed E-state index contributed by atoms with van der Waals surface area (Å²) in [5.41, 5.74) is 3.09. The Kier molecular flexibility index (Phi) is 2.40. The van der Waals surface area contributed by atoms with Crippen LogP contribution in [0.3, 0.4) is 0 Å². The molecule has 1 atom stereocenters. The fraction of sp³-hybridized carbons (Fsp3) is 0.462. The Labute approximate surface area is 94.4 Å². The highest BCUT2D eigenvalue weighted by molar-refractivity contribution is 5.76. The van der Waals surface area contributed by atoms with Crippen LogP contribution in [-0.4, -0.2) is 11.6 Å². The number of nitrogens with zero attached hydrogens (tertiary/aromatic N) is 1. The fourth-order valence-corrected chi connectivity index (χ4v) is 2.25. The molecule has 3 heterocycles. The van der Waals surface area contributed by atoms with Gasteiger partial charge in [-0.05, 0) is 30.9 Å². The molecule has 1 aliphatic rings. The highest BCUT2D eigenvalue weighted by Crippen LogP contribution is 2.32. The summed E-state index contributed by atoms with van der Waals surface area (Å²) in [6.45, 7) is 2.97. The summed E-state index contributed by atoms with van der Waals surface area (Å²) >= 11 is 0. The molecule has 2 aromatic heterocycles. The second kappa shape index (κ2) is 3.91. The zero-order chi connectivity index (χ0) is 11.0. The van der Waals surface area contributed by atoms with E-state index >= 15 is 0 Å². The van der Waals surface area contributed by atoms with E-state index in [1.807, 2.05) is 18.3 Å². The van der Waals surface area contributed by atoms with Crippen LogP contribution >= 0.6 is 0 Å². The highest BCUT2D eigenvalue weighted by atomic mass is 16.5. The van der Waals surface area contributed by atoms with Crippen LogP contribution in [0.4, 0.5) is 0 Å². The van der Waals surface area contributed by atoms with Gasteiger partial charge in [0.2, 0.25) is 0 Å². The van der Waals surface area contributed by atoms with Gasteiger partial charge in [-0.25, -0.2) is 0 Å². The third-order valence-corrected chi connectivity index (χ3v) is 3.14. The Bertz CT molecular complexity index is 498. The van der Waals surface area contributed by atoms with E-state index in [-0.39, 0.29) is 6.10 Å². The highest BCUT2D eigenvalue weighted by Gasteiger charge is 2.22. The molecule has 3 nitrogen and oxygen atoms in total. The van der Waals surface area contributed by atoms with Crippen molar-refractivity contribution in [3.8, 4) is 0 Å².